The van der Waals surface area contributed by atoms with Gasteiger partial charge in [-0.3, -0.25) is 9.69 Å². The fourth-order valence-corrected chi connectivity index (χ4v) is 3.82. The summed E-state index contributed by atoms with van der Waals surface area (Å²) in [4.78, 5) is 36.7. The topological polar surface area (TPSA) is 94.9 Å². The molecule has 27 heavy (non-hydrogen) atoms. The molecule has 8 heteroatoms. The van der Waals surface area contributed by atoms with Crippen LogP contribution in [0.25, 0.3) is 6.08 Å². The number of carboxylic acid groups (broad SMARTS) is 2. The summed E-state index contributed by atoms with van der Waals surface area (Å²) >= 11 is 6.43. The van der Waals surface area contributed by atoms with Crippen LogP contribution in [0.3, 0.4) is 0 Å². The molecule has 0 spiro atoms. The Hall–Kier alpha value is -2.97. The molecule has 0 saturated carbocycles. The lowest BCUT2D eigenvalue weighted by molar-refractivity contribution is -0.113. The molecule has 0 bridgehead atoms. The van der Waals surface area contributed by atoms with Crippen LogP contribution in [-0.4, -0.2) is 32.4 Å². The van der Waals surface area contributed by atoms with Gasteiger partial charge in [-0.1, -0.05) is 42.2 Å². The monoisotopic (exact) mass is 399 g/mol. The van der Waals surface area contributed by atoms with Crippen LogP contribution in [0.4, 0.5) is 5.69 Å². The van der Waals surface area contributed by atoms with Crippen molar-refractivity contribution in [3.05, 3.63) is 69.6 Å². The Kier molecular flexibility index (Phi) is 5.11. The summed E-state index contributed by atoms with van der Waals surface area (Å²) in [7, 11) is 0. The van der Waals surface area contributed by atoms with E-state index < -0.39 is 11.9 Å². The van der Waals surface area contributed by atoms with E-state index in [9.17, 15) is 19.5 Å². The van der Waals surface area contributed by atoms with Gasteiger partial charge in [0.25, 0.3) is 5.91 Å². The molecule has 3 rings (SSSR count). The van der Waals surface area contributed by atoms with Gasteiger partial charge in [0.15, 0.2) is 4.32 Å². The number of carbonyl (C=O) groups is 3. The summed E-state index contributed by atoms with van der Waals surface area (Å²) in [5, 5.41) is 18.1. The van der Waals surface area contributed by atoms with Crippen molar-refractivity contribution in [1.82, 2.24) is 0 Å². The van der Waals surface area contributed by atoms with E-state index in [0.29, 0.717) is 20.5 Å². The summed E-state index contributed by atoms with van der Waals surface area (Å²) in [6.07, 6.45) is 1.63. The van der Waals surface area contributed by atoms with Crippen molar-refractivity contribution < 1.29 is 24.6 Å². The van der Waals surface area contributed by atoms with Gasteiger partial charge in [-0.05, 0) is 48.4 Å². The molecule has 6 nitrogen and oxygen atoms in total. The molecule has 1 fully saturated rings. The fourth-order valence-electron chi connectivity index (χ4n) is 2.53. The van der Waals surface area contributed by atoms with Gasteiger partial charge in [0.1, 0.15) is 0 Å². The summed E-state index contributed by atoms with van der Waals surface area (Å²) in [5.74, 6) is -2.46. The SMILES string of the molecule is Cc1ccc(C(=O)O)cc1N1C(=O)/C(=C/c2ccc(C(=O)O)cc2)SC1=S. The average Bonchev–Trinajstić information content (AvgIpc) is 2.89. The van der Waals surface area contributed by atoms with Crippen LogP contribution in [0.1, 0.15) is 31.8 Å². The van der Waals surface area contributed by atoms with E-state index >= 15 is 0 Å². The first-order valence-electron chi connectivity index (χ1n) is 7.73. The molecule has 1 heterocycles. The fraction of sp³-hybridized carbons (Fsp3) is 0.0526. The van der Waals surface area contributed by atoms with Gasteiger partial charge in [0.05, 0.1) is 21.7 Å². The van der Waals surface area contributed by atoms with Crippen molar-refractivity contribution in [3.8, 4) is 0 Å². The van der Waals surface area contributed by atoms with E-state index in [2.05, 4.69) is 0 Å². The van der Waals surface area contributed by atoms with Crippen molar-refractivity contribution in [3.63, 3.8) is 0 Å². The van der Waals surface area contributed by atoms with Gasteiger partial charge in [0, 0.05) is 0 Å². The molecule has 2 aromatic carbocycles. The molecule has 1 amide bonds. The number of rotatable bonds is 4. The Morgan fingerprint density at radius 1 is 1.04 bits per heavy atom. The molecular formula is C19H13NO5S2. The van der Waals surface area contributed by atoms with Gasteiger partial charge in [-0.2, -0.15) is 0 Å². The number of hydrogen-bond donors (Lipinski definition) is 2. The predicted octanol–water partition coefficient (Wildman–Crippen LogP) is 3.80. The predicted molar refractivity (Wildman–Crippen MR) is 107 cm³/mol. The van der Waals surface area contributed by atoms with Gasteiger partial charge in [-0.15, -0.1) is 0 Å². The smallest absolute Gasteiger partial charge is 0.335 e. The first-order valence-corrected chi connectivity index (χ1v) is 8.95. The van der Waals surface area contributed by atoms with Gasteiger partial charge < -0.3 is 10.2 Å². The van der Waals surface area contributed by atoms with Crippen molar-refractivity contribution in [2.45, 2.75) is 6.92 Å². The van der Waals surface area contributed by atoms with E-state index in [1.807, 2.05) is 0 Å². The molecular weight excluding hydrogens is 386 g/mol. The summed E-state index contributed by atoms with van der Waals surface area (Å²) in [5.41, 5.74) is 2.04. The van der Waals surface area contributed by atoms with Crippen LogP contribution in [0.5, 0.6) is 0 Å². The highest BCUT2D eigenvalue weighted by molar-refractivity contribution is 8.27. The molecule has 2 N–H and O–H groups in total. The minimum absolute atomic E-state index is 0.0675. The molecule has 136 valence electrons. The molecule has 0 aliphatic carbocycles. The third-order valence-corrected chi connectivity index (χ3v) is 5.25. The Labute approximate surface area is 164 Å². The maximum Gasteiger partial charge on any atom is 0.335 e. The van der Waals surface area contributed by atoms with Crippen molar-refractivity contribution in [2.24, 2.45) is 0 Å². The largest absolute Gasteiger partial charge is 0.478 e. The number of nitrogens with zero attached hydrogens (tertiary/aromatic N) is 1. The number of carboxylic acids is 2. The minimum atomic E-state index is -1.09. The minimum Gasteiger partial charge on any atom is -0.478 e. The van der Waals surface area contributed by atoms with Gasteiger partial charge in [-0.25, -0.2) is 9.59 Å². The normalized spacial score (nSPS) is 15.4. The van der Waals surface area contributed by atoms with E-state index in [0.717, 1.165) is 17.3 Å². The number of aryl methyl sites for hydroxylation is 1. The number of thiocarbonyl (C=S) groups is 1. The molecule has 1 saturated heterocycles. The van der Waals surface area contributed by atoms with Crippen LogP contribution in [0.15, 0.2) is 47.4 Å². The lowest BCUT2D eigenvalue weighted by Crippen LogP contribution is -2.28. The van der Waals surface area contributed by atoms with Crippen molar-refractivity contribution >= 4 is 57.9 Å². The maximum absolute atomic E-state index is 12.8. The first-order chi connectivity index (χ1) is 12.8. The average molecular weight is 399 g/mol. The number of aromatic carboxylic acids is 2. The maximum atomic E-state index is 12.8. The van der Waals surface area contributed by atoms with Crippen LogP contribution in [0, 0.1) is 6.92 Å². The van der Waals surface area contributed by atoms with E-state index in [1.54, 1.807) is 31.2 Å². The highest BCUT2D eigenvalue weighted by atomic mass is 32.2. The molecule has 1 aliphatic heterocycles. The number of benzene rings is 2. The van der Waals surface area contributed by atoms with E-state index in [4.69, 9.17) is 17.3 Å². The molecule has 2 aromatic rings. The Bertz CT molecular complexity index is 1010. The third kappa shape index (κ3) is 3.76. The standard InChI is InChI=1S/C19H13NO5S2/c1-10-2-5-13(18(24)25)9-14(10)20-16(21)15(27-19(20)26)8-11-3-6-12(7-4-11)17(22)23/h2-9H,1H3,(H,22,23)(H,24,25)/b15-8-. The molecule has 0 radical (unpaired) electrons. The lowest BCUT2D eigenvalue weighted by atomic mass is 10.1. The number of anilines is 1. The second-order valence-corrected chi connectivity index (χ2v) is 7.43. The number of amides is 1. The van der Waals surface area contributed by atoms with E-state index in [1.165, 1.54) is 29.2 Å². The quantitative estimate of drug-likeness (QED) is 0.596. The number of hydrogen-bond acceptors (Lipinski definition) is 5. The van der Waals surface area contributed by atoms with Crippen LogP contribution >= 0.6 is 24.0 Å². The second-order valence-electron chi connectivity index (χ2n) is 5.75. The summed E-state index contributed by atoms with van der Waals surface area (Å²) in [6, 6.07) is 10.6. The highest BCUT2D eigenvalue weighted by Crippen LogP contribution is 2.37. The van der Waals surface area contributed by atoms with Crippen LogP contribution in [0.2, 0.25) is 0 Å². The van der Waals surface area contributed by atoms with Crippen molar-refractivity contribution in [2.75, 3.05) is 4.90 Å². The zero-order valence-electron chi connectivity index (χ0n) is 14.0. The van der Waals surface area contributed by atoms with Crippen LogP contribution < -0.4 is 4.90 Å². The van der Waals surface area contributed by atoms with Gasteiger partial charge >= 0.3 is 11.9 Å². The molecule has 0 atom stereocenters. The molecule has 1 aliphatic rings. The highest BCUT2D eigenvalue weighted by Gasteiger charge is 2.34. The summed E-state index contributed by atoms with van der Waals surface area (Å²) in [6.45, 7) is 1.77. The zero-order valence-corrected chi connectivity index (χ0v) is 15.6. The first kappa shape index (κ1) is 18.8. The van der Waals surface area contributed by atoms with E-state index in [-0.39, 0.29) is 17.0 Å². The molecule has 0 unspecified atom stereocenters. The van der Waals surface area contributed by atoms with Gasteiger partial charge in [0.2, 0.25) is 0 Å². The summed E-state index contributed by atoms with van der Waals surface area (Å²) < 4.78 is 0.305. The number of carbonyl (C=O) groups excluding carboxylic acids is 1. The second kappa shape index (κ2) is 7.34. The Morgan fingerprint density at radius 3 is 2.22 bits per heavy atom. The number of thioether (sulfide) groups is 1. The third-order valence-electron chi connectivity index (χ3n) is 3.95. The Morgan fingerprint density at radius 2 is 1.63 bits per heavy atom. The lowest BCUT2D eigenvalue weighted by Gasteiger charge is -2.17. The zero-order chi connectivity index (χ0) is 19.7. The molecule has 0 aromatic heterocycles. The van der Waals surface area contributed by atoms with Crippen LogP contribution in [-0.2, 0) is 4.79 Å². The Balaban J connectivity index is 1.95. The van der Waals surface area contributed by atoms with Crippen molar-refractivity contribution in [1.29, 1.82) is 0 Å².